The highest BCUT2D eigenvalue weighted by molar-refractivity contribution is 6.31. The first kappa shape index (κ1) is 14.9. The average Bonchev–Trinajstić information content (AvgIpc) is 2.41. The maximum absolute atomic E-state index is 6.38. The first-order valence-electron chi connectivity index (χ1n) is 7.69. The molecular formula is C17H26ClN. The van der Waals surface area contributed by atoms with Crippen LogP contribution >= 0.6 is 11.6 Å². The zero-order valence-corrected chi connectivity index (χ0v) is 13.0. The van der Waals surface area contributed by atoms with Gasteiger partial charge in [-0.2, -0.15) is 0 Å². The van der Waals surface area contributed by atoms with Crippen LogP contribution in [-0.4, -0.2) is 12.6 Å². The van der Waals surface area contributed by atoms with E-state index in [4.69, 9.17) is 11.6 Å². The van der Waals surface area contributed by atoms with Crippen LogP contribution < -0.4 is 5.32 Å². The number of aryl methyl sites for hydroxylation is 1. The molecule has 1 aromatic carbocycles. The van der Waals surface area contributed by atoms with Gasteiger partial charge in [-0.1, -0.05) is 43.5 Å². The molecule has 0 heterocycles. The quantitative estimate of drug-likeness (QED) is 0.820. The van der Waals surface area contributed by atoms with Crippen molar-refractivity contribution in [2.75, 3.05) is 6.54 Å². The lowest BCUT2D eigenvalue weighted by Crippen LogP contribution is -2.39. The molecule has 0 amide bonds. The molecule has 0 aromatic heterocycles. The Morgan fingerprint density at radius 3 is 2.79 bits per heavy atom. The molecule has 0 saturated heterocycles. The number of rotatable bonds is 5. The predicted molar refractivity (Wildman–Crippen MR) is 83.9 cm³/mol. The summed E-state index contributed by atoms with van der Waals surface area (Å²) in [6.07, 6.45) is 7.76. The zero-order chi connectivity index (χ0) is 13.7. The molecule has 0 aliphatic heterocycles. The fourth-order valence-electron chi connectivity index (χ4n) is 3.15. The lowest BCUT2D eigenvalue weighted by Gasteiger charge is -2.32. The molecule has 1 aliphatic rings. The SMILES string of the molecule is CCCNC1CCCCC1Cc1ccc(C)cc1Cl. The first-order valence-corrected chi connectivity index (χ1v) is 8.07. The molecule has 1 aliphatic carbocycles. The van der Waals surface area contributed by atoms with E-state index in [2.05, 4.69) is 37.4 Å². The number of benzene rings is 1. The Morgan fingerprint density at radius 2 is 2.05 bits per heavy atom. The van der Waals surface area contributed by atoms with Gasteiger partial charge in [-0.15, -0.1) is 0 Å². The summed E-state index contributed by atoms with van der Waals surface area (Å²) >= 11 is 6.38. The van der Waals surface area contributed by atoms with Crippen molar-refractivity contribution in [3.8, 4) is 0 Å². The largest absolute Gasteiger partial charge is 0.314 e. The molecule has 1 fully saturated rings. The van der Waals surface area contributed by atoms with Gasteiger partial charge in [0.05, 0.1) is 0 Å². The molecule has 0 spiro atoms. The maximum Gasteiger partial charge on any atom is 0.0440 e. The van der Waals surface area contributed by atoms with E-state index in [9.17, 15) is 0 Å². The van der Waals surface area contributed by atoms with Gasteiger partial charge in [0, 0.05) is 11.1 Å². The van der Waals surface area contributed by atoms with Crippen LogP contribution in [0.1, 0.15) is 50.2 Å². The molecule has 2 unspecified atom stereocenters. The first-order chi connectivity index (χ1) is 9.20. The molecular weight excluding hydrogens is 254 g/mol. The van der Waals surface area contributed by atoms with E-state index in [1.54, 1.807) is 0 Å². The van der Waals surface area contributed by atoms with Crippen LogP contribution in [-0.2, 0) is 6.42 Å². The van der Waals surface area contributed by atoms with Gasteiger partial charge in [0.1, 0.15) is 0 Å². The van der Waals surface area contributed by atoms with Crippen LogP contribution in [0.15, 0.2) is 18.2 Å². The van der Waals surface area contributed by atoms with Crippen molar-refractivity contribution < 1.29 is 0 Å². The van der Waals surface area contributed by atoms with Gasteiger partial charge in [0.15, 0.2) is 0 Å². The summed E-state index contributed by atoms with van der Waals surface area (Å²) in [4.78, 5) is 0. The minimum Gasteiger partial charge on any atom is -0.314 e. The molecule has 2 rings (SSSR count). The monoisotopic (exact) mass is 279 g/mol. The van der Waals surface area contributed by atoms with Crippen LogP contribution in [0.4, 0.5) is 0 Å². The minimum absolute atomic E-state index is 0.686. The Bertz CT molecular complexity index is 402. The van der Waals surface area contributed by atoms with E-state index in [1.807, 2.05) is 0 Å². The molecule has 0 radical (unpaired) electrons. The van der Waals surface area contributed by atoms with Crippen LogP contribution in [0.5, 0.6) is 0 Å². The zero-order valence-electron chi connectivity index (χ0n) is 12.2. The summed E-state index contributed by atoms with van der Waals surface area (Å²) in [5.74, 6) is 0.750. The van der Waals surface area contributed by atoms with Crippen molar-refractivity contribution in [2.45, 2.75) is 58.4 Å². The lowest BCUT2D eigenvalue weighted by atomic mass is 9.80. The fourth-order valence-corrected chi connectivity index (χ4v) is 3.46. The lowest BCUT2D eigenvalue weighted by molar-refractivity contribution is 0.261. The average molecular weight is 280 g/mol. The number of nitrogens with one attached hydrogen (secondary N) is 1. The van der Waals surface area contributed by atoms with E-state index in [0.29, 0.717) is 6.04 Å². The molecule has 0 bridgehead atoms. The third-order valence-electron chi connectivity index (χ3n) is 4.26. The molecule has 1 N–H and O–H groups in total. The van der Waals surface area contributed by atoms with Crippen molar-refractivity contribution in [2.24, 2.45) is 5.92 Å². The molecule has 1 saturated carbocycles. The summed E-state index contributed by atoms with van der Waals surface area (Å²) in [6.45, 7) is 5.48. The van der Waals surface area contributed by atoms with Crippen molar-refractivity contribution >= 4 is 11.6 Å². The fraction of sp³-hybridized carbons (Fsp3) is 0.647. The van der Waals surface area contributed by atoms with Gasteiger partial charge < -0.3 is 5.32 Å². The van der Waals surface area contributed by atoms with Crippen LogP contribution in [0, 0.1) is 12.8 Å². The van der Waals surface area contributed by atoms with Crippen molar-refractivity contribution in [3.63, 3.8) is 0 Å². The van der Waals surface area contributed by atoms with E-state index >= 15 is 0 Å². The van der Waals surface area contributed by atoms with Gasteiger partial charge in [0.2, 0.25) is 0 Å². The van der Waals surface area contributed by atoms with E-state index < -0.39 is 0 Å². The Morgan fingerprint density at radius 1 is 1.26 bits per heavy atom. The third-order valence-corrected chi connectivity index (χ3v) is 4.61. The van der Waals surface area contributed by atoms with Gasteiger partial charge in [-0.3, -0.25) is 0 Å². The van der Waals surface area contributed by atoms with Gasteiger partial charge in [0.25, 0.3) is 0 Å². The van der Waals surface area contributed by atoms with E-state index in [-0.39, 0.29) is 0 Å². The van der Waals surface area contributed by atoms with Crippen LogP contribution in [0.25, 0.3) is 0 Å². The smallest absolute Gasteiger partial charge is 0.0440 e. The van der Waals surface area contributed by atoms with Crippen LogP contribution in [0.2, 0.25) is 5.02 Å². The predicted octanol–water partition coefficient (Wildman–Crippen LogP) is 4.75. The Hall–Kier alpha value is -0.530. The summed E-state index contributed by atoms with van der Waals surface area (Å²) in [5.41, 5.74) is 2.57. The molecule has 2 atom stereocenters. The summed E-state index contributed by atoms with van der Waals surface area (Å²) in [7, 11) is 0. The number of hydrogen-bond acceptors (Lipinski definition) is 1. The summed E-state index contributed by atoms with van der Waals surface area (Å²) in [5, 5.41) is 4.67. The second kappa shape index (κ2) is 7.31. The topological polar surface area (TPSA) is 12.0 Å². The molecule has 106 valence electrons. The summed E-state index contributed by atoms with van der Waals surface area (Å²) < 4.78 is 0. The van der Waals surface area contributed by atoms with E-state index in [0.717, 1.165) is 23.9 Å². The highest BCUT2D eigenvalue weighted by Gasteiger charge is 2.25. The standard InChI is InChI=1S/C17H26ClN/c1-3-10-19-17-7-5-4-6-15(17)12-14-9-8-13(2)11-16(14)18/h8-9,11,15,17,19H,3-7,10,12H2,1-2H3. The van der Waals surface area contributed by atoms with Crippen molar-refractivity contribution in [3.05, 3.63) is 34.3 Å². The maximum atomic E-state index is 6.38. The van der Waals surface area contributed by atoms with Crippen molar-refractivity contribution in [1.82, 2.24) is 5.32 Å². The molecule has 2 heteroatoms. The minimum atomic E-state index is 0.686. The Labute approximate surface area is 122 Å². The summed E-state index contributed by atoms with van der Waals surface area (Å²) in [6, 6.07) is 7.17. The van der Waals surface area contributed by atoms with Crippen LogP contribution in [0.3, 0.4) is 0 Å². The van der Waals surface area contributed by atoms with Gasteiger partial charge in [-0.25, -0.2) is 0 Å². The Balaban J connectivity index is 2.02. The molecule has 1 nitrogen and oxygen atoms in total. The van der Waals surface area contributed by atoms with E-state index in [1.165, 1.54) is 43.2 Å². The normalized spacial score (nSPS) is 23.5. The highest BCUT2D eigenvalue weighted by atomic mass is 35.5. The second-order valence-corrected chi connectivity index (χ2v) is 6.31. The van der Waals surface area contributed by atoms with Gasteiger partial charge in [-0.05, 0) is 62.3 Å². The number of halogens is 1. The molecule has 19 heavy (non-hydrogen) atoms. The second-order valence-electron chi connectivity index (χ2n) is 5.90. The molecule has 1 aromatic rings. The van der Waals surface area contributed by atoms with Gasteiger partial charge >= 0.3 is 0 Å². The van der Waals surface area contributed by atoms with Crippen molar-refractivity contribution in [1.29, 1.82) is 0 Å². The Kier molecular flexibility index (Phi) is 5.72. The third kappa shape index (κ3) is 4.22. The highest BCUT2D eigenvalue weighted by Crippen LogP contribution is 2.30. The number of hydrogen-bond donors (Lipinski definition) is 1.